The summed E-state index contributed by atoms with van der Waals surface area (Å²) >= 11 is 0. The molecule has 0 aromatic carbocycles. The predicted octanol–water partition coefficient (Wildman–Crippen LogP) is 1.12. The number of hydrogen-bond donors (Lipinski definition) is 4. The molecule has 0 aromatic rings. The molecule has 0 aromatic heterocycles. The van der Waals surface area contributed by atoms with Gasteiger partial charge in [0, 0.05) is 5.75 Å². The molecule has 1 atom stereocenters. The molecule has 0 aliphatic rings. The first kappa shape index (κ1) is 16.6. The van der Waals surface area contributed by atoms with Gasteiger partial charge in [-0.15, -0.1) is 10.1 Å². The minimum absolute atomic E-state index is 0.404. The fraction of sp³-hybridized carbons (Fsp3) is 1.00. The van der Waals surface area contributed by atoms with Crippen LogP contribution in [-0.2, 0) is 14.9 Å². The summed E-state index contributed by atoms with van der Waals surface area (Å²) in [6.07, 6.45) is 2.17. The van der Waals surface area contributed by atoms with Gasteiger partial charge in [-0.05, 0) is 25.0 Å². The largest absolute Gasteiger partial charge is 0.329 e. The second-order valence-corrected chi connectivity index (χ2v) is 9.50. The van der Waals surface area contributed by atoms with Crippen LogP contribution in [0.25, 0.3) is 0 Å². The normalized spacial score (nSPS) is 15.2. The summed E-state index contributed by atoms with van der Waals surface area (Å²) in [7, 11) is -0.838. The fourth-order valence-electron chi connectivity index (χ4n) is 1.48. The maximum atomic E-state index is 9.40. The van der Waals surface area contributed by atoms with Gasteiger partial charge in [-0.1, -0.05) is 20.8 Å². The highest BCUT2D eigenvalue weighted by Gasteiger charge is 2.30. The molecule has 0 saturated carbocycles. The van der Waals surface area contributed by atoms with Crippen LogP contribution >= 0.6 is 6.72 Å². The molecule has 0 spiro atoms. The van der Waals surface area contributed by atoms with E-state index in [4.69, 9.17) is 10.7 Å². The van der Waals surface area contributed by atoms with Crippen molar-refractivity contribution in [2.75, 3.05) is 11.5 Å². The van der Waals surface area contributed by atoms with Gasteiger partial charge < -0.3 is 14.7 Å². The molecule has 5 N–H and O–H groups in total. The smallest absolute Gasteiger partial charge is 0.277 e. The van der Waals surface area contributed by atoms with E-state index in [9.17, 15) is 14.7 Å². The molecule has 0 fully saturated rings. The predicted molar refractivity (Wildman–Crippen MR) is 69.6 cm³/mol. The topological polar surface area (TPSA) is 95.9 Å². The van der Waals surface area contributed by atoms with Gasteiger partial charge >= 0.3 is 0 Å². The zero-order valence-electron chi connectivity index (χ0n) is 10.2. The second-order valence-electron chi connectivity index (χ2n) is 3.83. The van der Waals surface area contributed by atoms with Gasteiger partial charge in [-0.2, -0.15) is 0 Å². The first-order chi connectivity index (χ1) is 7.35. The highest BCUT2D eigenvalue weighted by Crippen LogP contribution is 2.39. The Hall–Kier alpha value is 0.580. The third-order valence-corrected chi connectivity index (χ3v) is 8.20. The standard InChI is InChI=1S/C9H24NO4PS/c1-4-7-16(15(11,12)13)8-9(5-2,6-3)14-10/h11-13H,4-8,10H2,1-3H3. The maximum Gasteiger partial charge on any atom is 0.277 e. The maximum absolute atomic E-state index is 9.40. The highest BCUT2D eigenvalue weighted by atomic mass is 32.5. The summed E-state index contributed by atoms with van der Waals surface area (Å²) in [6.45, 7) is 2.04. The molecule has 100 valence electrons. The van der Waals surface area contributed by atoms with Gasteiger partial charge in [-0.25, -0.2) is 5.90 Å². The lowest BCUT2D eigenvalue weighted by Gasteiger charge is -2.31. The summed E-state index contributed by atoms with van der Waals surface area (Å²) in [4.78, 5) is 33.2. The van der Waals surface area contributed by atoms with E-state index in [0.717, 1.165) is 6.42 Å². The van der Waals surface area contributed by atoms with Crippen molar-refractivity contribution in [1.82, 2.24) is 0 Å². The summed E-state index contributed by atoms with van der Waals surface area (Å²) in [5, 5.41) is 0. The van der Waals surface area contributed by atoms with Crippen molar-refractivity contribution < 1.29 is 19.5 Å². The van der Waals surface area contributed by atoms with Crippen molar-refractivity contribution in [1.29, 1.82) is 0 Å². The van der Waals surface area contributed by atoms with E-state index in [0.29, 0.717) is 24.3 Å². The Labute approximate surface area is 99.8 Å². The van der Waals surface area contributed by atoms with Crippen molar-refractivity contribution in [3.8, 4) is 0 Å². The molecule has 0 aliphatic carbocycles. The average Bonchev–Trinajstić information content (AvgIpc) is 2.23. The van der Waals surface area contributed by atoms with Crippen LogP contribution in [0.5, 0.6) is 0 Å². The van der Waals surface area contributed by atoms with Crippen LogP contribution in [0, 0.1) is 0 Å². The fourth-order valence-corrected chi connectivity index (χ4v) is 6.10. The zero-order valence-corrected chi connectivity index (χ0v) is 11.9. The summed E-state index contributed by atoms with van der Waals surface area (Å²) < 4.78 is 0. The van der Waals surface area contributed by atoms with E-state index in [2.05, 4.69) is 0 Å². The van der Waals surface area contributed by atoms with E-state index >= 15 is 0 Å². The van der Waals surface area contributed by atoms with Crippen molar-refractivity contribution >= 4 is 16.8 Å². The minimum Gasteiger partial charge on any atom is -0.329 e. The van der Waals surface area contributed by atoms with E-state index in [-0.39, 0.29) is 0 Å². The van der Waals surface area contributed by atoms with Gasteiger partial charge in [-0.3, -0.25) is 4.84 Å². The molecule has 7 heteroatoms. The summed E-state index contributed by atoms with van der Waals surface area (Å²) in [5.74, 6) is 6.28. The van der Waals surface area contributed by atoms with Gasteiger partial charge in [0.25, 0.3) is 6.72 Å². The third-order valence-electron chi connectivity index (χ3n) is 2.75. The van der Waals surface area contributed by atoms with Crippen LogP contribution in [0.4, 0.5) is 0 Å². The number of hydrogen-bond acceptors (Lipinski definition) is 2. The first-order valence-electron chi connectivity index (χ1n) is 5.48. The van der Waals surface area contributed by atoms with Gasteiger partial charge in [0.2, 0.25) is 0 Å². The van der Waals surface area contributed by atoms with E-state index in [1.807, 2.05) is 20.8 Å². The lowest BCUT2D eigenvalue weighted by atomic mass is 10.0. The molecule has 0 heterocycles. The molecule has 0 saturated heterocycles. The molecule has 0 bridgehead atoms. The van der Waals surface area contributed by atoms with Gasteiger partial charge in [0.1, 0.15) is 0 Å². The SMILES string of the molecule is CCCS(CC(CC)(CC)ON)=P(O)(O)O. The quantitative estimate of drug-likeness (QED) is 0.412. The van der Waals surface area contributed by atoms with Crippen molar-refractivity contribution in [2.45, 2.75) is 45.6 Å². The summed E-state index contributed by atoms with van der Waals surface area (Å²) in [6, 6.07) is 0. The van der Waals surface area contributed by atoms with Crippen molar-refractivity contribution in [3.63, 3.8) is 0 Å². The Balaban J connectivity index is 5.02. The Morgan fingerprint density at radius 3 is 1.94 bits per heavy atom. The van der Waals surface area contributed by atoms with Crippen LogP contribution in [0.15, 0.2) is 0 Å². The van der Waals surface area contributed by atoms with Gasteiger partial charge in [0.05, 0.1) is 5.60 Å². The van der Waals surface area contributed by atoms with E-state index in [1.54, 1.807) is 0 Å². The molecule has 0 amide bonds. The molecule has 0 aliphatic heterocycles. The monoisotopic (exact) mass is 273 g/mol. The number of nitrogens with two attached hydrogens (primary N) is 1. The molecule has 0 radical (unpaired) electrons. The zero-order chi connectivity index (χ0) is 12.8. The highest BCUT2D eigenvalue weighted by molar-refractivity contribution is 8.27. The van der Waals surface area contributed by atoms with E-state index in [1.165, 1.54) is 0 Å². The average molecular weight is 273 g/mol. The minimum atomic E-state index is -3.79. The second kappa shape index (κ2) is 7.11. The lowest BCUT2D eigenvalue weighted by molar-refractivity contribution is -0.0355. The van der Waals surface area contributed by atoms with Crippen molar-refractivity contribution in [2.24, 2.45) is 5.90 Å². The molecule has 5 nitrogen and oxygen atoms in total. The van der Waals surface area contributed by atoms with Gasteiger partial charge in [0.15, 0.2) is 0 Å². The Morgan fingerprint density at radius 2 is 1.69 bits per heavy atom. The first-order valence-corrected chi connectivity index (χ1v) is 9.30. The molecular formula is C9H24NO4PS. The van der Waals surface area contributed by atoms with Crippen LogP contribution in [0.3, 0.4) is 0 Å². The Morgan fingerprint density at radius 1 is 1.19 bits per heavy atom. The molecular weight excluding hydrogens is 249 g/mol. The summed E-state index contributed by atoms with van der Waals surface area (Å²) in [5.41, 5.74) is -0.558. The number of rotatable bonds is 7. The van der Waals surface area contributed by atoms with Crippen LogP contribution in [0.1, 0.15) is 40.0 Å². The molecule has 16 heavy (non-hydrogen) atoms. The van der Waals surface area contributed by atoms with Crippen molar-refractivity contribution in [3.05, 3.63) is 0 Å². The molecule has 1 unspecified atom stereocenters. The molecule has 0 rings (SSSR count). The Bertz CT molecular complexity index is 246. The van der Waals surface area contributed by atoms with Crippen LogP contribution in [-0.4, -0.2) is 31.8 Å². The lowest BCUT2D eigenvalue weighted by Crippen LogP contribution is -2.40. The van der Waals surface area contributed by atoms with Crippen LogP contribution < -0.4 is 5.90 Å². The Kier molecular flexibility index (Phi) is 7.37. The third kappa shape index (κ3) is 4.84. The van der Waals surface area contributed by atoms with Crippen LogP contribution in [0.2, 0.25) is 0 Å². The van der Waals surface area contributed by atoms with E-state index < -0.39 is 22.4 Å².